The van der Waals surface area contributed by atoms with Gasteiger partial charge in [-0.3, -0.25) is 14.9 Å². The van der Waals surface area contributed by atoms with E-state index in [1.807, 2.05) is 0 Å². The summed E-state index contributed by atoms with van der Waals surface area (Å²) in [6.07, 6.45) is 4.46. The van der Waals surface area contributed by atoms with E-state index in [2.05, 4.69) is 21.9 Å². The molecule has 3 aromatic rings. The van der Waals surface area contributed by atoms with Gasteiger partial charge >= 0.3 is 0 Å². The second kappa shape index (κ2) is 6.33. The molecular weight excluding hydrogens is 308 g/mol. The molecule has 3 rings (SSSR count). The number of pyridine rings is 1. The van der Waals surface area contributed by atoms with Gasteiger partial charge in [-0.25, -0.2) is 9.97 Å². The highest BCUT2D eigenvalue weighted by atomic mass is 16.3. The van der Waals surface area contributed by atoms with E-state index in [1.54, 1.807) is 36.4 Å². The molecular formula is C17H14N4O3. The van der Waals surface area contributed by atoms with E-state index in [4.69, 9.17) is 0 Å². The monoisotopic (exact) mass is 322 g/mol. The number of hydrogen-bond acceptors (Lipinski definition) is 5. The normalized spacial score (nSPS) is 10.5. The summed E-state index contributed by atoms with van der Waals surface area (Å²) >= 11 is 0. The van der Waals surface area contributed by atoms with E-state index < -0.39 is 11.5 Å². The predicted octanol–water partition coefficient (Wildman–Crippen LogP) is 1.94. The first-order valence-corrected chi connectivity index (χ1v) is 7.17. The molecule has 0 saturated heterocycles. The summed E-state index contributed by atoms with van der Waals surface area (Å²) in [5.41, 5.74) is -0.449. The lowest BCUT2D eigenvalue weighted by molar-refractivity contribution is 0.102. The maximum absolute atomic E-state index is 12.7. The third kappa shape index (κ3) is 2.63. The van der Waals surface area contributed by atoms with E-state index in [1.165, 1.54) is 17.0 Å². The zero-order valence-corrected chi connectivity index (χ0v) is 12.6. The summed E-state index contributed by atoms with van der Waals surface area (Å²) in [4.78, 5) is 32.9. The highest BCUT2D eigenvalue weighted by molar-refractivity contribution is 6.08. The molecule has 1 amide bonds. The van der Waals surface area contributed by atoms with Crippen molar-refractivity contribution < 1.29 is 9.90 Å². The summed E-state index contributed by atoms with van der Waals surface area (Å²) in [6.45, 7) is 3.84. The molecule has 0 aliphatic rings. The van der Waals surface area contributed by atoms with E-state index in [9.17, 15) is 14.7 Å². The highest BCUT2D eigenvalue weighted by Gasteiger charge is 2.22. The van der Waals surface area contributed by atoms with Crippen molar-refractivity contribution in [1.82, 2.24) is 14.5 Å². The summed E-state index contributed by atoms with van der Waals surface area (Å²) < 4.78 is 1.38. The topological polar surface area (TPSA) is 97.1 Å². The fourth-order valence-corrected chi connectivity index (χ4v) is 2.43. The van der Waals surface area contributed by atoms with E-state index in [-0.39, 0.29) is 23.8 Å². The second-order valence-electron chi connectivity index (χ2n) is 4.97. The SMILES string of the molecule is C=CCn1c(=O)c(C(=O)Nc2ncccn2)c(O)c2ccccc21. The van der Waals surface area contributed by atoms with Crippen LogP contribution in [0.1, 0.15) is 10.4 Å². The molecule has 0 saturated carbocycles. The number of para-hydroxylation sites is 1. The van der Waals surface area contributed by atoms with Crippen LogP contribution in [0.25, 0.3) is 10.9 Å². The number of fused-ring (bicyclic) bond motifs is 1. The Bertz CT molecular complexity index is 980. The number of anilines is 1. The zero-order valence-electron chi connectivity index (χ0n) is 12.6. The van der Waals surface area contributed by atoms with Gasteiger partial charge in [0, 0.05) is 24.3 Å². The molecule has 0 aliphatic heterocycles. The molecule has 2 heterocycles. The van der Waals surface area contributed by atoms with Crippen LogP contribution in [0, 0.1) is 0 Å². The summed E-state index contributed by atoms with van der Waals surface area (Å²) in [6, 6.07) is 8.40. The number of carbonyl (C=O) groups excluding carboxylic acids is 1. The van der Waals surface area contributed by atoms with Crippen LogP contribution in [-0.4, -0.2) is 25.5 Å². The molecule has 24 heavy (non-hydrogen) atoms. The second-order valence-corrected chi connectivity index (χ2v) is 4.97. The minimum absolute atomic E-state index is 0.0460. The van der Waals surface area contributed by atoms with Crippen LogP contribution in [0.15, 0.2) is 60.2 Å². The van der Waals surface area contributed by atoms with Crippen molar-refractivity contribution in [2.24, 2.45) is 0 Å². The number of carbonyl (C=O) groups is 1. The molecule has 0 bridgehead atoms. The number of allylic oxidation sites excluding steroid dienone is 1. The number of benzene rings is 1. The Labute approximate surface area is 136 Å². The molecule has 1 aromatic carbocycles. The minimum Gasteiger partial charge on any atom is -0.506 e. The first-order chi connectivity index (χ1) is 11.6. The fraction of sp³-hybridized carbons (Fsp3) is 0.0588. The zero-order chi connectivity index (χ0) is 17.1. The first kappa shape index (κ1) is 15.4. The molecule has 2 aromatic heterocycles. The van der Waals surface area contributed by atoms with Crippen molar-refractivity contribution in [3.8, 4) is 5.75 Å². The smallest absolute Gasteiger partial charge is 0.268 e. The maximum Gasteiger partial charge on any atom is 0.268 e. The Balaban J connectivity index is 2.18. The molecule has 0 aliphatic carbocycles. The van der Waals surface area contributed by atoms with Crippen molar-refractivity contribution in [3.63, 3.8) is 0 Å². The van der Waals surface area contributed by atoms with Gasteiger partial charge in [-0.1, -0.05) is 18.2 Å². The Morgan fingerprint density at radius 3 is 2.67 bits per heavy atom. The van der Waals surface area contributed by atoms with Crippen molar-refractivity contribution in [1.29, 1.82) is 0 Å². The van der Waals surface area contributed by atoms with Gasteiger partial charge < -0.3 is 9.67 Å². The number of nitrogens with zero attached hydrogens (tertiary/aromatic N) is 3. The van der Waals surface area contributed by atoms with Gasteiger partial charge in [-0.15, -0.1) is 6.58 Å². The first-order valence-electron chi connectivity index (χ1n) is 7.17. The lowest BCUT2D eigenvalue weighted by Gasteiger charge is -2.13. The van der Waals surface area contributed by atoms with Crippen LogP contribution in [0.5, 0.6) is 5.75 Å². The van der Waals surface area contributed by atoms with Crippen LogP contribution in [-0.2, 0) is 6.54 Å². The number of aromatic hydroxyl groups is 1. The lowest BCUT2D eigenvalue weighted by Crippen LogP contribution is -2.30. The van der Waals surface area contributed by atoms with Gasteiger partial charge in [0.1, 0.15) is 11.3 Å². The van der Waals surface area contributed by atoms with Crippen LogP contribution >= 0.6 is 0 Å². The van der Waals surface area contributed by atoms with Gasteiger partial charge in [0.05, 0.1) is 5.52 Å². The van der Waals surface area contributed by atoms with Crippen LogP contribution < -0.4 is 10.9 Å². The van der Waals surface area contributed by atoms with Gasteiger partial charge in [-0.2, -0.15) is 0 Å². The third-order valence-corrected chi connectivity index (χ3v) is 3.48. The standard InChI is InChI=1S/C17H14N4O3/c1-2-10-21-12-7-4-3-6-11(12)14(22)13(16(21)24)15(23)20-17-18-8-5-9-19-17/h2-9,22H,1,10H2,(H,18,19,20,23). The Morgan fingerprint density at radius 1 is 1.25 bits per heavy atom. The number of hydrogen-bond donors (Lipinski definition) is 2. The van der Waals surface area contributed by atoms with E-state index >= 15 is 0 Å². The van der Waals surface area contributed by atoms with Crippen molar-refractivity contribution in [2.45, 2.75) is 6.54 Å². The molecule has 0 radical (unpaired) electrons. The Kier molecular flexibility index (Phi) is 4.07. The molecule has 120 valence electrons. The molecule has 0 atom stereocenters. The molecule has 7 nitrogen and oxygen atoms in total. The fourth-order valence-electron chi connectivity index (χ4n) is 2.43. The van der Waals surface area contributed by atoms with E-state index in [0.29, 0.717) is 10.9 Å². The Morgan fingerprint density at radius 2 is 1.96 bits per heavy atom. The summed E-state index contributed by atoms with van der Waals surface area (Å²) in [7, 11) is 0. The molecule has 0 spiro atoms. The summed E-state index contributed by atoms with van der Waals surface area (Å²) in [5, 5.41) is 13.2. The van der Waals surface area contributed by atoms with Crippen molar-refractivity contribution in [2.75, 3.05) is 5.32 Å². The molecule has 0 unspecified atom stereocenters. The largest absolute Gasteiger partial charge is 0.506 e. The highest BCUT2D eigenvalue weighted by Crippen LogP contribution is 2.26. The number of rotatable bonds is 4. The van der Waals surface area contributed by atoms with Crippen molar-refractivity contribution in [3.05, 3.63) is 71.3 Å². The van der Waals surface area contributed by atoms with Crippen molar-refractivity contribution >= 4 is 22.8 Å². The quantitative estimate of drug-likeness (QED) is 0.715. The van der Waals surface area contributed by atoms with Gasteiger partial charge in [0.15, 0.2) is 0 Å². The van der Waals surface area contributed by atoms with Crippen LogP contribution in [0.2, 0.25) is 0 Å². The minimum atomic E-state index is -0.771. The van der Waals surface area contributed by atoms with E-state index in [0.717, 1.165) is 0 Å². The number of aromatic nitrogens is 3. The van der Waals surface area contributed by atoms with Crippen LogP contribution in [0.3, 0.4) is 0 Å². The summed E-state index contributed by atoms with van der Waals surface area (Å²) in [5.74, 6) is -1.10. The molecule has 2 N–H and O–H groups in total. The average molecular weight is 322 g/mol. The number of amides is 1. The lowest BCUT2D eigenvalue weighted by atomic mass is 10.1. The molecule has 0 fully saturated rings. The number of nitrogens with one attached hydrogen (secondary N) is 1. The average Bonchev–Trinajstić information content (AvgIpc) is 2.59. The Hall–Kier alpha value is -3.48. The van der Waals surface area contributed by atoms with Crippen LogP contribution in [0.4, 0.5) is 5.95 Å². The van der Waals surface area contributed by atoms with Gasteiger partial charge in [0.25, 0.3) is 11.5 Å². The predicted molar refractivity (Wildman–Crippen MR) is 90.1 cm³/mol. The maximum atomic E-state index is 12.7. The van der Waals surface area contributed by atoms with Gasteiger partial charge in [0.2, 0.25) is 5.95 Å². The van der Waals surface area contributed by atoms with Gasteiger partial charge in [-0.05, 0) is 18.2 Å². The third-order valence-electron chi connectivity index (χ3n) is 3.48. The molecule has 7 heteroatoms.